The number of fused-ring (bicyclic) bond motifs is 4. The highest BCUT2D eigenvalue weighted by Gasteiger charge is 2.63. The molecule has 0 aromatic heterocycles. The predicted octanol–water partition coefficient (Wildman–Crippen LogP) is 4.24. The highest BCUT2D eigenvalue weighted by atomic mass is 16.3. The van der Waals surface area contributed by atoms with Crippen molar-refractivity contribution in [1.82, 2.24) is 4.90 Å². The number of aliphatic hydroxyl groups is 1. The van der Waals surface area contributed by atoms with Gasteiger partial charge in [-0.05, 0) is 99.8 Å². The van der Waals surface area contributed by atoms with Crippen LogP contribution in [0.1, 0.15) is 65.2 Å². The lowest BCUT2D eigenvalue weighted by molar-refractivity contribution is -0.0477. The fraction of sp³-hybridized carbons (Fsp3) is 0.909. The predicted molar refractivity (Wildman–Crippen MR) is 97.6 cm³/mol. The zero-order valence-electron chi connectivity index (χ0n) is 15.8. The van der Waals surface area contributed by atoms with Crippen LogP contribution in [0.2, 0.25) is 0 Å². The lowest BCUT2D eigenvalue weighted by Gasteiger charge is -2.58. The molecule has 1 spiro atoms. The summed E-state index contributed by atoms with van der Waals surface area (Å²) >= 11 is 0. The molecule has 8 atom stereocenters. The van der Waals surface area contributed by atoms with Gasteiger partial charge >= 0.3 is 0 Å². The van der Waals surface area contributed by atoms with Gasteiger partial charge in [0, 0.05) is 12.6 Å². The Kier molecular flexibility index (Phi) is 3.37. The van der Waals surface area contributed by atoms with E-state index in [9.17, 15) is 5.11 Å². The first-order chi connectivity index (χ1) is 11.5. The quantitative estimate of drug-likeness (QED) is 0.672. The molecule has 134 valence electrons. The Labute approximate surface area is 147 Å². The third kappa shape index (κ3) is 1.85. The fourth-order valence-electron chi connectivity index (χ4n) is 8.44. The normalized spacial score (nSPS) is 56.9. The Hall–Kier alpha value is -0.340. The van der Waals surface area contributed by atoms with Gasteiger partial charge in [-0.25, -0.2) is 0 Å². The van der Waals surface area contributed by atoms with E-state index in [0.717, 1.165) is 42.6 Å². The molecular weight excluding hydrogens is 294 g/mol. The van der Waals surface area contributed by atoms with E-state index in [4.69, 9.17) is 0 Å². The molecule has 4 aliphatic carbocycles. The second-order valence-electron chi connectivity index (χ2n) is 10.3. The topological polar surface area (TPSA) is 23.5 Å². The lowest BCUT2D eigenvalue weighted by Crippen LogP contribution is -2.51. The molecule has 24 heavy (non-hydrogen) atoms. The van der Waals surface area contributed by atoms with Crippen LogP contribution in [0.25, 0.3) is 0 Å². The molecule has 0 aromatic carbocycles. The first-order valence-corrected chi connectivity index (χ1v) is 10.5. The molecular formula is C22H35NO. The summed E-state index contributed by atoms with van der Waals surface area (Å²) in [5.41, 5.74) is 2.66. The van der Waals surface area contributed by atoms with E-state index in [1.54, 1.807) is 5.57 Å². The fourth-order valence-corrected chi connectivity index (χ4v) is 8.44. The maximum atomic E-state index is 10.1. The van der Waals surface area contributed by atoms with Crippen LogP contribution in [0.4, 0.5) is 0 Å². The van der Waals surface area contributed by atoms with E-state index in [1.807, 2.05) is 0 Å². The monoisotopic (exact) mass is 329 g/mol. The number of allylic oxidation sites excluding steroid dienone is 1. The summed E-state index contributed by atoms with van der Waals surface area (Å²) < 4.78 is 0. The molecule has 2 nitrogen and oxygen atoms in total. The zero-order chi connectivity index (χ0) is 16.7. The average Bonchev–Trinajstić information content (AvgIpc) is 3.03. The molecule has 0 bridgehead atoms. The van der Waals surface area contributed by atoms with Crippen molar-refractivity contribution in [1.29, 1.82) is 0 Å². The van der Waals surface area contributed by atoms with Crippen LogP contribution in [0.5, 0.6) is 0 Å². The van der Waals surface area contributed by atoms with Crippen LogP contribution in [-0.4, -0.2) is 35.7 Å². The SMILES string of the molecule is C[C@H]1[C@H]2CC[C@H]3[C@@H]4CC=C5C[C@@H](O)CC[C@]5(C)[C@H]4CCC23CN1C. The van der Waals surface area contributed by atoms with E-state index in [-0.39, 0.29) is 6.10 Å². The first-order valence-electron chi connectivity index (χ1n) is 10.5. The van der Waals surface area contributed by atoms with Gasteiger partial charge in [-0.2, -0.15) is 0 Å². The molecule has 5 aliphatic rings. The van der Waals surface area contributed by atoms with E-state index in [0.29, 0.717) is 10.8 Å². The number of likely N-dealkylation sites (tertiary alicyclic amines) is 1. The van der Waals surface area contributed by atoms with Crippen LogP contribution in [0.15, 0.2) is 11.6 Å². The molecule has 3 saturated carbocycles. The second-order valence-corrected chi connectivity index (χ2v) is 10.3. The molecule has 0 radical (unpaired) electrons. The molecule has 1 unspecified atom stereocenters. The molecule has 0 amide bonds. The minimum Gasteiger partial charge on any atom is -0.393 e. The van der Waals surface area contributed by atoms with Crippen LogP contribution >= 0.6 is 0 Å². The molecule has 5 rings (SSSR count). The van der Waals surface area contributed by atoms with Crippen LogP contribution < -0.4 is 0 Å². The van der Waals surface area contributed by atoms with Crippen LogP contribution in [0.3, 0.4) is 0 Å². The van der Waals surface area contributed by atoms with Gasteiger partial charge in [0.05, 0.1) is 6.10 Å². The summed E-state index contributed by atoms with van der Waals surface area (Å²) in [5, 5.41) is 10.1. The van der Waals surface area contributed by atoms with Gasteiger partial charge < -0.3 is 10.0 Å². The van der Waals surface area contributed by atoms with Gasteiger partial charge in [-0.15, -0.1) is 0 Å². The Morgan fingerprint density at radius 3 is 2.71 bits per heavy atom. The van der Waals surface area contributed by atoms with Crippen LogP contribution in [0, 0.1) is 34.5 Å². The molecule has 1 N–H and O–H groups in total. The summed E-state index contributed by atoms with van der Waals surface area (Å²) in [5.74, 6) is 3.74. The molecule has 2 heteroatoms. The highest BCUT2D eigenvalue weighted by Crippen LogP contribution is 2.68. The van der Waals surface area contributed by atoms with E-state index in [2.05, 4.69) is 31.9 Å². The Morgan fingerprint density at radius 2 is 1.88 bits per heavy atom. The Bertz CT molecular complexity index is 570. The molecule has 4 fully saturated rings. The molecule has 1 heterocycles. The van der Waals surface area contributed by atoms with Crippen molar-refractivity contribution in [3.63, 3.8) is 0 Å². The van der Waals surface area contributed by atoms with Crippen molar-refractivity contribution in [2.75, 3.05) is 13.6 Å². The van der Waals surface area contributed by atoms with Gasteiger partial charge in [0.1, 0.15) is 0 Å². The number of nitrogens with zero attached hydrogens (tertiary/aromatic N) is 1. The summed E-state index contributed by atoms with van der Waals surface area (Å²) in [6, 6.07) is 0.793. The molecule has 1 aliphatic heterocycles. The van der Waals surface area contributed by atoms with Gasteiger partial charge in [-0.3, -0.25) is 0 Å². The Balaban J connectivity index is 1.49. The van der Waals surface area contributed by atoms with Crippen molar-refractivity contribution in [3.8, 4) is 0 Å². The van der Waals surface area contributed by atoms with Crippen molar-refractivity contribution >= 4 is 0 Å². The van der Waals surface area contributed by atoms with Crippen molar-refractivity contribution in [2.24, 2.45) is 34.5 Å². The number of aliphatic hydroxyl groups excluding tert-OH is 1. The lowest BCUT2D eigenvalue weighted by atomic mass is 9.47. The summed E-state index contributed by atoms with van der Waals surface area (Å²) in [6.07, 6.45) is 12.9. The first kappa shape index (κ1) is 15.9. The minimum atomic E-state index is -0.0731. The molecule has 1 saturated heterocycles. The summed E-state index contributed by atoms with van der Waals surface area (Å²) in [4.78, 5) is 2.67. The third-order valence-electron chi connectivity index (χ3n) is 9.68. The minimum absolute atomic E-state index is 0.0731. The van der Waals surface area contributed by atoms with Gasteiger partial charge in [0.15, 0.2) is 0 Å². The third-order valence-corrected chi connectivity index (χ3v) is 9.68. The zero-order valence-corrected chi connectivity index (χ0v) is 15.8. The Morgan fingerprint density at radius 1 is 1.08 bits per heavy atom. The van der Waals surface area contributed by atoms with E-state index >= 15 is 0 Å². The number of rotatable bonds is 0. The van der Waals surface area contributed by atoms with Crippen molar-refractivity contribution < 1.29 is 5.11 Å². The largest absolute Gasteiger partial charge is 0.393 e. The van der Waals surface area contributed by atoms with E-state index in [1.165, 1.54) is 45.1 Å². The summed E-state index contributed by atoms with van der Waals surface area (Å²) in [6.45, 7) is 6.39. The van der Waals surface area contributed by atoms with E-state index < -0.39 is 0 Å². The smallest absolute Gasteiger partial charge is 0.0577 e. The highest BCUT2D eigenvalue weighted by molar-refractivity contribution is 5.26. The average molecular weight is 330 g/mol. The maximum absolute atomic E-state index is 10.1. The van der Waals surface area contributed by atoms with Crippen LogP contribution in [-0.2, 0) is 0 Å². The van der Waals surface area contributed by atoms with Crippen molar-refractivity contribution in [3.05, 3.63) is 11.6 Å². The second kappa shape index (κ2) is 5.10. The van der Waals surface area contributed by atoms with Gasteiger partial charge in [0.25, 0.3) is 0 Å². The number of hydrogen-bond donors (Lipinski definition) is 1. The maximum Gasteiger partial charge on any atom is 0.0577 e. The van der Waals surface area contributed by atoms with Gasteiger partial charge in [-0.1, -0.05) is 18.6 Å². The standard InChI is InChI=1S/C22H35NO/c1-14-18-6-7-20-17-5-4-15-12-16(24)8-10-21(15,2)19(17)9-11-22(18,20)13-23(14)3/h4,14,16-20,24H,5-13H2,1-3H3/t14-,16-,17+,18+,19-,20-,21-,22?/m0/s1. The number of hydrogen-bond acceptors (Lipinski definition) is 2. The van der Waals surface area contributed by atoms with Crippen molar-refractivity contribution in [2.45, 2.75) is 77.4 Å². The molecule has 0 aromatic rings. The van der Waals surface area contributed by atoms with Gasteiger partial charge in [0.2, 0.25) is 0 Å². The summed E-state index contributed by atoms with van der Waals surface area (Å²) in [7, 11) is 2.36.